The number of hydrogen-bond acceptors (Lipinski definition) is 8. The summed E-state index contributed by atoms with van der Waals surface area (Å²) in [5, 5.41) is 2.91. The van der Waals surface area contributed by atoms with Crippen LogP contribution in [0.4, 0.5) is 11.7 Å². The number of nitrogens with one attached hydrogen (secondary N) is 1. The van der Waals surface area contributed by atoms with Crippen LogP contribution in [-0.4, -0.2) is 38.8 Å². The van der Waals surface area contributed by atoms with E-state index in [1.807, 2.05) is 12.1 Å². The van der Waals surface area contributed by atoms with E-state index in [2.05, 4.69) is 10.3 Å². The number of nitrogens with two attached hydrogens (primary N) is 1. The SMILES string of the molecule is COC(=O)[C@H](Cc1ccc(S(C)(=O)=O)cc1N)Nc1nc2ccccc2o1. The maximum absolute atomic E-state index is 12.2. The van der Waals surface area contributed by atoms with Crippen LogP contribution >= 0.6 is 0 Å². The molecule has 0 aliphatic heterocycles. The van der Waals surface area contributed by atoms with E-state index in [1.165, 1.54) is 19.2 Å². The average molecular weight is 389 g/mol. The Morgan fingerprint density at radius 1 is 1.30 bits per heavy atom. The van der Waals surface area contributed by atoms with Crippen molar-refractivity contribution in [2.24, 2.45) is 0 Å². The normalized spacial score (nSPS) is 12.7. The van der Waals surface area contributed by atoms with Crippen LogP contribution in [0.2, 0.25) is 0 Å². The molecule has 142 valence electrons. The van der Waals surface area contributed by atoms with E-state index in [0.29, 0.717) is 16.7 Å². The highest BCUT2D eigenvalue weighted by atomic mass is 32.2. The van der Waals surface area contributed by atoms with Crippen molar-refractivity contribution in [3.8, 4) is 0 Å². The topological polar surface area (TPSA) is 125 Å². The van der Waals surface area contributed by atoms with Crippen molar-refractivity contribution in [1.29, 1.82) is 0 Å². The summed E-state index contributed by atoms with van der Waals surface area (Å²) in [6, 6.07) is 11.0. The van der Waals surface area contributed by atoms with Crippen molar-refractivity contribution in [2.75, 3.05) is 24.4 Å². The lowest BCUT2D eigenvalue weighted by Gasteiger charge is -2.16. The molecule has 8 nitrogen and oxygen atoms in total. The van der Waals surface area contributed by atoms with Crippen molar-refractivity contribution in [3.63, 3.8) is 0 Å². The Morgan fingerprint density at radius 2 is 2.04 bits per heavy atom. The Balaban J connectivity index is 1.86. The Labute approximate surface area is 156 Å². The first-order valence-electron chi connectivity index (χ1n) is 8.06. The molecule has 3 aromatic rings. The Kier molecular flexibility index (Phi) is 5.04. The van der Waals surface area contributed by atoms with Gasteiger partial charge in [-0.2, -0.15) is 4.98 Å². The van der Waals surface area contributed by atoms with Gasteiger partial charge in [-0.25, -0.2) is 13.2 Å². The summed E-state index contributed by atoms with van der Waals surface area (Å²) in [6.45, 7) is 0. The van der Waals surface area contributed by atoms with Gasteiger partial charge >= 0.3 is 5.97 Å². The van der Waals surface area contributed by atoms with Gasteiger partial charge in [0.15, 0.2) is 15.4 Å². The van der Waals surface area contributed by atoms with E-state index in [9.17, 15) is 13.2 Å². The number of hydrogen-bond donors (Lipinski definition) is 2. The fourth-order valence-electron chi connectivity index (χ4n) is 2.63. The summed E-state index contributed by atoms with van der Waals surface area (Å²) in [7, 11) is -2.09. The van der Waals surface area contributed by atoms with Crippen molar-refractivity contribution in [2.45, 2.75) is 17.4 Å². The lowest BCUT2D eigenvalue weighted by molar-refractivity contribution is -0.141. The van der Waals surface area contributed by atoms with E-state index in [4.69, 9.17) is 14.9 Å². The molecule has 0 aliphatic rings. The molecule has 0 saturated heterocycles. The summed E-state index contributed by atoms with van der Waals surface area (Å²) in [5.41, 5.74) is 8.08. The first kappa shape index (κ1) is 18.7. The van der Waals surface area contributed by atoms with Crippen LogP contribution in [0, 0.1) is 0 Å². The molecule has 0 saturated carbocycles. The summed E-state index contributed by atoms with van der Waals surface area (Å²) < 4.78 is 33.7. The number of nitrogens with zero attached hydrogens (tertiary/aromatic N) is 1. The minimum absolute atomic E-state index is 0.116. The Bertz CT molecular complexity index is 1060. The van der Waals surface area contributed by atoms with Gasteiger partial charge in [0.1, 0.15) is 11.6 Å². The maximum Gasteiger partial charge on any atom is 0.328 e. The molecule has 3 N–H and O–H groups in total. The molecule has 9 heteroatoms. The monoisotopic (exact) mass is 389 g/mol. The Hall–Kier alpha value is -3.07. The minimum Gasteiger partial charge on any atom is -0.467 e. The fraction of sp³-hybridized carbons (Fsp3) is 0.222. The minimum atomic E-state index is -3.37. The third kappa shape index (κ3) is 4.20. The largest absolute Gasteiger partial charge is 0.467 e. The van der Waals surface area contributed by atoms with Gasteiger partial charge in [-0.1, -0.05) is 18.2 Å². The van der Waals surface area contributed by atoms with Gasteiger partial charge in [0.2, 0.25) is 0 Å². The van der Waals surface area contributed by atoms with Crippen LogP contribution in [0.3, 0.4) is 0 Å². The van der Waals surface area contributed by atoms with Gasteiger partial charge in [-0.15, -0.1) is 0 Å². The van der Waals surface area contributed by atoms with Gasteiger partial charge in [0.05, 0.1) is 12.0 Å². The van der Waals surface area contributed by atoms with Crippen LogP contribution in [0.1, 0.15) is 5.56 Å². The predicted molar refractivity (Wildman–Crippen MR) is 101 cm³/mol. The number of carbonyl (C=O) groups is 1. The zero-order valence-electron chi connectivity index (χ0n) is 14.8. The number of aromatic nitrogens is 1. The van der Waals surface area contributed by atoms with Crippen molar-refractivity contribution in [3.05, 3.63) is 48.0 Å². The molecule has 0 radical (unpaired) electrons. The second kappa shape index (κ2) is 7.28. The van der Waals surface area contributed by atoms with Gasteiger partial charge in [-0.05, 0) is 29.8 Å². The second-order valence-electron chi connectivity index (χ2n) is 6.04. The summed E-state index contributed by atoms with van der Waals surface area (Å²) in [4.78, 5) is 16.6. The van der Waals surface area contributed by atoms with Crippen LogP contribution in [-0.2, 0) is 25.8 Å². The molecule has 0 aliphatic carbocycles. The van der Waals surface area contributed by atoms with Crippen LogP contribution < -0.4 is 11.1 Å². The van der Waals surface area contributed by atoms with Crippen molar-refractivity contribution in [1.82, 2.24) is 4.98 Å². The molecular weight excluding hydrogens is 370 g/mol. The molecule has 0 amide bonds. The first-order valence-corrected chi connectivity index (χ1v) is 9.95. The molecule has 2 aromatic carbocycles. The van der Waals surface area contributed by atoms with Gasteiger partial charge in [0, 0.05) is 18.4 Å². The molecule has 1 heterocycles. The van der Waals surface area contributed by atoms with Crippen molar-refractivity contribution < 1.29 is 22.4 Å². The fourth-order valence-corrected chi connectivity index (χ4v) is 3.28. The number of anilines is 2. The number of nitrogen functional groups attached to an aromatic ring is 1. The molecule has 27 heavy (non-hydrogen) atoms. The maximum atomic E-state index is 12.2. The number of oxazole rings is 1. The highest BCUT2D eigenvalue weighted by Gasteiger charge is 2.23. The van der Waals surface area contributed by atoms with E-state index >= 15 is 0 Å². The quantitative estimate of drug-likeness (QED) is 0.484. The van der Waals surface area contributed by atoms with Crippen LogP contribution in [0.25, 0.3) is 11.1 Å². The molecule has 0 spiro atoms. The molecule has 0 fully saturated rings. The van der Waals surface area contributed by atoms with E-state index in [-0.39, 0.29) is 23.0 Å². The number of sulfone groups is 1. The highest BCUT2D eigenvalue weighted by Crippen LogP contribution is 2.23. The molecule has 3 rings (SSSR count). The van der Waals surface area contributed by atoms with Crippen LogP contribution in [0.5, 0.6) is 0 Å². The Morgan fingerprint density at radius 3 is 2.67 bits per heavy atom. The zero-order chi connectivity index (χ0) is 19.6. The smallest absolute Gasteiger partial charge is 0.328 e. The number of para-hydroxylation sites is 2. The lowest BCUT2D eigenvalue weighted by atomic mass is 10.0. The molecular formula is C18H19N3O5S. The number of fused-ring (bicyclic) bond motifs is 1. The van der Waals surface area contributed by atoms with E-state index in [0.717, 1.165) is 6.26 Å². The second-order valence-corrected chi connectivity index (χ2v) is 8.06. The third-order valence-corrected chi connectivity index (χ3v) is 5.16. The van der Waals surface area contributed by atoms with E-state index < -0.39 is 21.8 Å². The molecule has 1 aromatic heterocycles. The summed E-state index contributed by atoms with van der Waals surface area (Å²) in [5.74, 6) is -0.524. The number of esters is 1. The zero-order valence-corrected chi connectivity index (χ0v) is 15.6. The summed E-state index contributed by atoms with van der Waals surface area (Å²) in [6.07, 6.45) is 1.27. The average Bonchev–Trinajstić information content (AvgIpc) is 3.03. The number of methoxy groups -OCH3 is 1. The lowest BCUT2D eigenvalue weighted by Crippen LogP contribution is -2.33. The van der Waals surface area contributed by atoms with Gasteiger partial charge in [0.25, 0.3) is 6.01 Å². The van der Waals surface area contributed by atoms with E-state index in [1.54, 1.807) is 18.2 Å². The van der Waals surface area contributed by atoms with Crippen LogP contribution in [0.15, 0.2) is 51.8 Å². The van der Waals surface area contributed by atoms with Crippen molar-refractivity contribution >= 4 is 38.6 Å². The predicted octanol–water partition coefficient (Wildman–Crippen LogP) is 2.01. The summed E-state index contributed by atoms with van der Waals surface area (Å²) >= 11 is 0. The number of carbonyl (C=O) groups excluding carboxylic acids is 1. The van der Waals surface area contributed by atoms with Gasteiger partial charge < -0.3 is 20.2 Å². The molecule has 0 unspecified atom stereocenters. The standard InChI is InChI=1S/C18H19N3O5S/c1-25-17(22)15(21-18-20-14-5-3-4-6-16(14)26-18)9-11-7-8-12(10-13(11)19)27(2,23)24/h3-8,10,15H,9,19H2,1-2H3,(H,20,21)/t15-/m0/s1. The first-order chi connectivity index (χ1) is 12.8. The molecule has 0 bridgehead atoms. The number of ether oxygens (including phenoxy) is 1. The third-order valence-electron chi connectivity index (χ3n) is 4.05. The number of benzene rings is 2. The highest BCUT2D eigenvalue weighted by molar-refractivity contribution is 7.90. The van der Waals surface area contributed by atoms with Gasteiger partial charge in [-0.3, -0.25) is 0 Å². The number of rotatable bonds is 6. The molecule has 1 atom stereocenters.